The predicted octanol–water partition coefficient (Wildman–Crippen LogP) is 4.49. The molecule has 0 radical (unpaired) electrons. The lowest BCUT2D eigenvalue weighted by molar-refractivity contribution is 0.150. The maximum atomic E-state index is 10.5. The van der Waals surface area contributed by atoms with Gasteiger partial charge in [0.05, 0.1) is 6.10 Å². The fourth-order valence-electron chi connectivity index (χ4n) is 2.85. The molecule has 0 saturated heterocycles. The molecule has 1 N–H and O–H groups in total. The van der Waals surface area contributed by atoms with E-state index in [0.717, 1.165) is 22.6 Å². The number of rotatable bonds is 3. The monoisotopic (exact) mass is 272 g/mol. The molecule has 1 saturated carbocycles. The van der Waals surface area contributed by atoms with Gasteiger partial charge in [-0.05, 0) is 54.0 Å². The number of aliphatic hydroxyl groups excluding tert-OH is 1. The summed E-state index contributed by atoms with van der Waals surface area (Å²) in [7, 11) is 0. The number of hydrogen-bond donors (Lipinski definition) is 1. The molecule has 1 nitrogen and oxygen atoms in total. The van der Waals surface area contributed by atoms with Crippen LogP contribution in [0.1, 0.15) is 35.1 Å². The number of halogens is 1. The van der Waals surface area contributed by atoms with Gasteiger partial charge in [0.25, 0.3) is 0 Å². The molecule has 0 aliphatic heterocycles. The summed E-state index contributed by atoms with van der Waals surface area (Å²) in [5.41, 5.74) is 3.41. The zero-order valence-corrected chi connectivity index (χ0v) is 11.6. The minimum Gasteiger partial charge on any atom is -0.388 e. The van der Waals surface area contributed by atoms with Crippen LogP contribution in [0, 0.1) is 12.8 Å². The van der Waals surface area contributed by atoms with E-state index in [1.165, 1.54) is 5.56 Å². The number of aliphatic hydroxyl groups is 1. The molecule has 0 aromatic heterocycles. The molecule has 1 fully saturated rings. The number of aryl methyl sites for hydroxylation is 1. The molecule has 0 spiro atoms. The zero-order chi connectivity index (χ0) is 13.4. The van der Waals surface area contributed by atoms with Crippen molar-refractivity contribution in [1.82, 2.24) is 0 Å². The lowest BCUT2D eigenvalue weighted by Gasteiger charge is -2.14. The third kappa shape index (κ3) is 2.54. The van der Waals surface area contributed by atoms with Crippen molar-refractivity contribution in [2.75, 3.05) is 0 Å². The van der Waals surface area contributed by atoms with Crippen molar-refractivity contribution in [3.05, 3.63) is 70.2 Å². The summed E-state index contributed by atoms with van der Waals surface area (Å²) in [6.45, 7) is 2.00. The molecule has 0 bridgehead atoms. The highest BCUT2D eigenvalue weighted by molar-refractivity contribution is 6.30. The Bertz CT molecular complexity index is 579. The smallest absolute Gasteiger partial charge is 0.0826 e. The highest BCUT2D eigenvalue weighted by atomic mass is 35.5. The Morgan fingerprint density at radius 1 is 1.16 bits per heavy atom. The average Bonchev–Trinajstić information content (AvgIpc) is 3.19. The van der Waals surface area contributed by atoms with Crippen LogP contribution in [0.3, 0.4) is 0 Å². The molecule has 1 aliphatic carbocycles. The predicted molar refractivity (Wildman–Crippen MR) is 78.4 cm³/mol. The standard InChI is InChI=1S/C17H17ClO/c1-11-9-13(18)7-8-14(11)17(19)16-10-15(16)12-5-3-2-4-6-12/h2-9,15-17,19H,10H2,1H3. The largest absolute Gasteiger partial charge is 0.388 e. The Morgan fingerprint density at radius 3 is 2.58 bits per heavy atom. The fourth-order valence-corrected chi connectivity index (χ4v) is 3.08. The van der Waals surface area contributed by atoms with Crippen molar-refractivity contribution < 1.29 is 5.11 Å². The van der Waals surface area contributed by atoms with Crippen LogP contribution in [0.25, 0.3) is 0 Å². The number of hydrogen-bond acceptors (Lipinski definition) is 1. The van der Waals surface area contributed by atoms with Crippen molar-refractivity contribution in [3.8, 4) is 0 Å². The Morgan fingerprint density at radius 2 is 1.89 bits per heavy atom. The fraction of sp³-hybridized carbons (Fsp3) is 0.294. The van der Waals surface area contributed by atoms with Crippen LogP contribution in [0.2, 0.25) is 5.02 Å². The van der Waals surface area contributed by atoms with Crippen LogP contribution in [-0.2, 0) is 0 Å². The summed E-state index contributed by atoms with van der Waals surface area (Å²) < 4.78 is 0. The second kappa shape index (κ2) is 4.99. The van der Waals surface area contributed by atoms with E-state index in [1.54, 1.807) is 0 Å². The van der Waals surface area contributed by atoms with Crippen LogP contribution >= 0.6 is 11.6 Å². The first-order chi connectivity index (χ1) is 9.16. The summed E-state index contributed by atoms with van der Waals surface area (Å²) in [6.07, 6.45) is 0.676. The van der Waals surface area contributed by atoms with E-state index in [-0.39, 0.29) is 6.10 Å². The molecule has 3 unspecified atom stereocenters. The first-order valence-corrected chi connectivity index (χ1v) is 7.03. The van der Waals surface area contributed by atoms with E-state index >= 15 is 0 Å². The van der Waals surface area contributed by atoms with E-state index in [1.807, 2.05) is 31.2 Å². The van der Waals surface area contributed by atoms with Gasteiger partial charge < -0.3 is 5.11 Å². The molecule has 2 aromatic carbocycles. The minimum atomic E-state index is -0.387. The van der Waals surface area contributed by atoms with Gasteiger partial charge in [-0.2, -0.15) is 0 Å². The van der Waals surface area contributed by atoms with Crippen molar-refractivity contribution >= 4 is 11.6 Å². The molecule has 1 aliphatic rings. The van der Waals surface area contributed by atoms with E-state index in [4.69, 9.17) is 11.6 Å². The van der Waals surface area contributed by atoms with Crippen LogP contribution in [0.5, 0.6) is 0 Å². The van der Waals surface area contributed by atoms with Gasteiger partial charge >= 0.3 is 0 Å². The van der Waals surface area contributed by atoms with Crippen molar-refractivity contribution in [3.63, 3.8) is 0 Å². The lowest BCUT2D eigenvalue weighted by atomic mass is 9.98. The summed E-state index contributed by atoms with van der Waals surface area (Å²) in [4.78, 5) is 0. The third-order valence-electron chi connectivity index (χ3n) is 4.02. The first-order valence-electron chi connectivity index (χ1n) is 6.66. The van der Waals surface area contributed by atoms with E-state index < -0.39 is 0 Å². The van der Waals surface area contributed by atoms with Gasteiger partial charge in [0, 0.05) is 5.02 Å². The van der Waals surface area contributed by atoms with E-state index in [9.17, 15) is 5.11 Å². The molecule has 2 heteroatoms. The van der Waals surface area contributed by atoms with Gasteiger partial charge in [-0.3, -0.25) is 0 Å². The molecule has 19 heavy (non-hydrogen) atoms. The molecule has 3 rings (SSSR count). The molecule has 98 valence electrons. The normalized spacial score (nSPS) is 23.1. The molecule has 2 aromatic rings. The first kappa shape index (κ1) is 12.7. The highest BCUT2D eigenvalue weighted by Crippen LogP contribution is 2.54. The van der Waals surface area contributed by atoms with Crippen molar-refractivity contribution in [2.45, 2.75) is 25.4 Å². The van der Waals surface area contributed by atoms with Crippen molar-refractivity contribution in [1.29, 1.82) is 0 Å². The Kier molecular flexibility index (Phi) is 3.34. The van der Waals surface area contributed by atoms with Gasteiger partial charge in [0.2, 0.25) is 0 Å². The SMILES string of the molecule is Cc1cc(Cl)ccc1C(O)C1CC1c1ccccc1. The minimum absolute atomic E-state index is 0.335. The molecule has 0 amide bonds. The van der Waals surface area contributed by atoms with Gasteiger partial charge in [0.1, 0.15) is 0 Å². The Balaban J connectivity index is 1.78. The maximum Gasteiger partial charge on any atom is 0.0826 e. The Labute approximate surface area is 118 Å². The maximum absolute atomic E-state index is 10.5. The summed E-state index contributed by atoms with van der Waals surface area (Å²) in [5, 5.41) is 11.2. The van der Waals surface area contributed by atoms with Gasteiger partial charge in [-0.1, -0.05) is 48.0 Å². The average molecular weight is 273 g/mol. The van der Waals surface area contributed by atoms with Crippen LogP contribution in [-0.4, -0.2) is 5.11 Å². The Hall–Kier alpha value is -1.31. The molecular formula is C17H17ClO. The van der Waals surface area contributed by atoms with Gasteiger partial charge in [-0.25, -0.2) is 0 Å². The molecule has 0 heterocycles. The van der Waals surface area contributed by atoms with Crippen LogP contribution in [0.4, 0.5) is 0 Å². The molecule has 3 atom stereocenters. The zero-order valence-electron chi connectivity index (χ0n) is 10.9. The van der Waals surface area contributed by atoms with E-state index in [0.29, 0.717) is 11.8 Å². The van der Waals surface area contributed by atoms with E-state index in [2.05, 4.69) is 24.3 Å². The van der Waals surface area contributed by atoms with Gasteiger partial charge in [-0.15, -0.1) is 0 Å². The highest BCUT2D eigenvalue weighted by Gasteiger charge is 2.44. The van der Waals surface area contributed by atoms with Crippen LogP contribution < -0.4 is 0 Å². The summed E-state index contributed by atoms with van der Waals surface area (Å²) >= 11 is 5.96. The van der Waals surface area contributed by atoms with Gasteiger partial charge in [0.15, 0.2) is 0 Å². The molecular weight excluding hydrogens is 256 g/mol. The second-order valence-electron chi connectivity index (χ2n) is 5.36. The second-order valence-corrected chi connectivity index (χ2v) is 5.80. The van der Waals surface area contributed by atoms with Crippen molar-refractivity contribution in [2.24, 2.45) is 5.92 Å². The summed E-state index contributed by atoms with van der Waals surface area (Å²) in [6, 6.07) is 16.2. The van der Waals surface area contributed by atoms with Crippen LogP contribution in [0.15, 0.2) is 48.5 Å². The quantitative estimate of drug-likeness (QED) is 0.873. The third-order valence-corrected chi connectivity index (χ3v) is 4.26. The number of benzene rings is 2. The topological polar surface area (TPSA) is 20.2 Å². The lowest BCUT2D eigenvalue weighted by Crippen LogP contribution is -2.03. The summed E-state index contributed by atoms with van der Waals surface area (Å²) in [5.74, 6) is 0.827.